The number of hydrogen-bond donors (Lipinski definition) is 1. The summed E-state index contributed by atoms with van der Waals surface area (Å²) in [5.74, 6) is -1.38. The number of pyridine rings is 1. The molecule has 21 heavy (non-hydrogen) atoms. The molecule has 1 saturated heterocycles. The van der Waals surface area contributed by atoms with Crippen molar-refractivity contribution in [2.24, 2.45) is 5.92 Å². The van der Waals surface area contributed by atoms with Gasteiger partial charge in [0.05, 0.1) is 11.4 Å². The quantitative estimate of drug-likeness (QED) is 0.917. The van der Waals surface area contributed by atoms with E-state index in [1.165, 1.54) is 0 Å². The summed E-state index contributed by atoms with van der Waals surface area (Å²) in [7, 11) is 0. The molecule has 2 aromatic rings. The molecule has 108 valence electrons. The lowest BCUT2D eigenvalue weighted by molar-refractivity contribution is -0.143. The van der Waals surface area contributed by atoms with Gasteiger partial charge in [-0.15, -0.1) is 0 Å². The number of fused-ring (bicyclic) bond motifs is 1. The van der Waals surface area contributed by atoms with Crippen LogP contribution >= 0.6 is 0 Å². The van der Waals surface area contributed by atoms with Gasteiger partial charge in [0.15, 0.2) is 0 Å². The van der Waals surface area contributed by atoms with E-state index >= 15 is 0 Å². The molecule has 1 N–H and O–H groups in total. The molecule has 5 heteroatoms. The predicted molar refractivity (Wildman–Crippen MR) is 78.0 cm³/mol. The Balaban J connectivity index is 1.84. The highest BCUT2D eigenvalue weighted by Crippen LogP contribution is 2.20. The molecule has 1 amide bonds. The van der Waals surface area contributed by atoms with E-state index in [-0.39, 0.29) is 5.91 Å². The van der Waals surface area contributed by atoms with Crippen molar-refractivity contribution in [3.8, 4) is 0 Å². The minimum atomic E-state index is -0.824. The number of carboxylic acid groups (broad SMARTS) is 1. The first-order valence-electron chi connectivity index (χ1n) is 7.02. The smallest absolute Gasteiger partial charge is 0.308 e. The highest BCUT2D eigenvalue weighted by molar-refractivity contribution is 5.98. The van der Waals surface area contributed by atoms with Gasteiger partial charge in [0.2, 0.25) is 0 Å². The third-order valence-electron chi connectivity index (χ3n) is 3.91. The van der Waals surface area contributed by atoms with E-state index in [4.69, 9.17) is 5.11 Å². The Morgan fingerprint density at radius 2 is 2.14 bits per heavy atom. The average molecular weight is 284 g/mol. The Hall–Kier alpha value is -2.43. The summed E-state index contributed by atoms with van der Waals surface area (Å²) in [5, 5.41) is 10.0. The van der Waals surface area contributed by atoms with Gasteiger partial charge in [-0.25, -0.2) is 0 Å². The topological polar surface area (TPSA) is 70.5 Å². The zero-order chi connectivity index (χ0) is 14.8. The van der Waals surface area contributed by atoms with Gasteiger partial charge in [-0.2, -0.15) is 0 Å². The molecule has 1 aliphatic rings. The van der Waals surface area contributed by atoms with Crippen LogP contribution in [0.2, 0.25) is 0 Å². The van der Waals surface area contributed by atoms with Crippen LogP contribution in [0.5, 0.6) is 0 Å². The summed E-state index contributed by atoms with van der Waals surface area (Å²) in [6, 6.07) is 9.13. The first kappa shape index (κ1) is 13.5. The number of likely N-dealkylation sites (tertiary alicyclic amines) is 1. The van der Waals surface area contributed by atoms with Crippen molar-refractivity contribution in [2.75, 3.05) is 13.1 Å². The van der Waals surface area contributed by atoms with Gasteiger partial charge in [0.1, 0.15) is 0 Å². The maximum absolute atomic E-state index is 12.5. The van der Waals surface area contributed by atoms with E-state index in [0.29, 0.717) is 25.1 Å². The van der Waals surface area contributed by atoms with E-state index in [2.05, 4.69) is 4.98 Å². The summed E-state index contributed by atoms with van der Waals surface area (Å²) in [6.45, 7) is 0.910. The number of nitrogens with zero attached hydrogens (tertiary/aromatic N) is 2. The summed E-state index contributed by atoms with van der Waals surface area (Å²) < 4.78 is 0. The monoisotopic (exact) mass is 284 g/mol. The molecule has 1 fully saturated rings. The van der Waals surface area contributed by atoms with Crippen LogP contribution in [-0.2, 0) is 4.79 Å². The van der Waals surface area contributed by atoms with Crippen molar-refractivity contribution >= 4 is 22.8 Å². The van der Waals surface area contributed by atoms with Crippen LogP contribution in [0.1, 0.15) is 23.2 Å². The van der Waals surface area contributed by atoms with E-state index in [1.807, 2.05) is 24.3 Å². The SMILES string of the molecule is O=C(O)[C@@H]1CCCN(C(=O)c2ccc3ncccc3c2)C1. The normalized spacial score (nSPS) is 18.7. The molecular weight excluding hydrogens is 268 g/mol. The van der Waals surface area contributed by atoms with Gasteiger partial charge < -0.3 is 10.0 Å². The molecular formula is C16H16N2O3. The summed E-state index contributed by atoms with van der Waals surface area (Å²) in [4.78, 5) is 29.5. The Bertz CT molecular complexity index is 699. The molecule has 0 spiro atoms. The van der Waals surface area contributed by atoms with E-state index in [9.17, 15) is 9.59 Å². The van der Waals surface area contributed by atoms with Gasteiger partial charge in [0.25, 0.3) is 5.91 Å². The highest BCUT2D eigenvalue weighted by atomic mass is 16.4. The van der Waals surface area contributed by atoms with Crippen LogP contribution in [0.15, 0.2) is 36.5 Å². The van der Waals surface area contributed by atoms with Crippen LogP contribution in [0.3, 0.4) is 0 Å². The number of benzene rings is 1. The van der Waals surface area contributed by atoms with Crippen molar-refractivity contribution in [3.63, 3.8) is 0 Å². The van der Waals surface area contributed by atoms with Gasteiger partial charge in [-0.3, -0.25) is 14.6 Å². The summed E-state index contributed by atoms with van der Waals surface area (Å²) >= 11 is 0. The number of hydrogen-bond acceptors (Lipinski definition) is 3. The maximum Gasteiger partial charge on any atom is 0.308 e. The molecule has 0 unspecified atom stereocenters. The van der Waals surface area contributed by atoms with Crippen LogP contribution < -0.4 is 0 Å². The Kier molecular flexibility index (Phi) is 3.56. The number of amides is 1. The molecule has 1 atom stereocenters. The zero-order valence-corrected chi connectivity index (χ0v) is 11.5. The predicted octanol–water partition coefficient (Wildman–Crippen LogP) is 2.17. The second kappa shape index (κ2) is 5.52. The molecule has 1 aliphatic heterocycles. The Labute approximate surface area is 122 Å². The van der Waals surface area contributed by atoms with Gasteiger partial charge >= 0.3 is 5.97 Å². The third kappa shape index (κ3) is 2.72. The fourth-order valence-electron chi connectivity index (χ4n) is 2.75. The largest absolute Gasteiger partial charge is 0.481 e. The van der Waals surface area contributed by atoms with E-state index in [0.717, 1.165) is 17.3 Å². The number of piperidine rings is 1. The standard InChI is InChI=1S/C16H16N2O3/c19-15(18-8-2-4-13(10-18)16(20)21)12-5-6-14-11(9-12)3-1-7-17-14/h1,3,5-7,9,13H,2,4,8,10H2,(H,20,21)/t13-/m1/s1. The van der Waals surface area contributed by atoms with Crippen LogP contribution in [0.4, 0.5) is 0 Å². The van der Waals surface area contributed by atoms with Crippen LogP contribution in [0.25, 0.3) is 10.9 Å². The minimum absolute atomic E-state index is 0.105. The van der Waals surface area contributed by atoms with E-state index in [1.54, 1.807) is 17.2 Å². The maximum atomic E-state index is 12.5. The molecule has 0 radical (unpaired) electrons. The van der Waals surface area contributed by atoms with Crippen molar-refractivity contribution in [1.82, 2.24) is 9.88 Å². The molecule has 0 saturated carbocycles. The molecule has 0 bridgehead atoms. The minimum Gasteiger partial charge on any atom is -0.481 e. The number of carbonyl (C=O) groups excluding carboxylic acids is 1. The zero-order valence-electron chi connectivity index (χ0n) is 11.5. The lowest BCUT2D eigenvalue weighted by Gasteiger charge is -2.30. The Morgan fingerprint density at radius 3 is 2.95 bits per heavy atom. The van der Waals surface area contributed by atoms with Gasteiger partial charge in [-0.1, -0.05) is 6.07 Å². The average Bonchev–Trinajstić information content (AvgIpc) is 2.53. The van der Waals surface area contributed by atoms with Crippen molar-refractivity contribution in [1.29, 1.82) is 0 Å². The third-order valence-corrected chi connectivity index (χ3v) is 3.91. The highest BCUT2D eigenvalue weighted by Gasteiger charge is 2.28. The second-order valence-electron chi connectivity index (χ2n) is 5.34. The molecule has 1 aromatic carbocycles. The van der Waals surface area contributed by atoms with Crippen LogP contribution in [0, 0.1) is 5.92 Å². The fraction of sp³-hybridized carbons (Fsp3) is 0.312. The lowest BCUT2D eigenvalue weighted by atomic mass is 9.97. The van der Waals surface area contributed by atoms with Crippen molar-refractivity contribution < 1.29 is 14.7 Å². The number of aliphatic carboxylic acids is 1. The van der Waals surface area contributed by atoms with Crippen molar-refractivity contribution in [2.45, 2.75) is 12.8 Å². The molecule has 3 rings (SSSR count). The lowest BCUT2D eigenvalue weighted by Crippen LogP contribution is -2.42. The number of rotatable bonds is 2. The van der Waals surface area contributed by atoms with E-state index < -0.39 is 11.9 Å². The van der Waals surface area contributed by atoms with Gasteiger partial charge in [0, 0.05) is 30.2 Å². The van der Waals surface area contributed by atoms with Crippen LogP contribution in [-0.4, -0.2) is 40.0 Å². The first-order chi connectivity index (χ1) is 10.1. The molecule has 5 nitrogen and oxygen atoms in total. The number of carboxylic acids is 1. The molecule has 2 heterocycles. The summed E-state index contributed by atoms with van der Waals surface area (Å²) in [5.41, 5.74) is 1.43. The number of aromatic nitrogens is 1. The second-order valence-corrected chi connectivity index (χ2v) is 5.34. The fourth-order valence-corrected chi connectivity index (χ4v) is 2.75. The molecule has 0 aliphatic carbocycles. The van der Waals surface area contributed by atoms with Gasteiger partial charge in [-0.05, 0) is 37.1 Å². The van der Waals surface area contributed by atoms with Crippen molar-refractivity contribution in [3.05, 3.63) is 42.1 Å². The first-order valence-corrected chi connectivity index (χ1v) is 7.02. The number of carbonyl (C=O) groups is 2. The Morgan fingerprint density at radius 1 is 1.29 bits per heavy atom. The summed E-state index contributed by atoms with van der Waals surface area (Å²) in [6.07, 6.45) is 3.09. The molecule has 1 aromatic heterocycles.